The van der Waals surface area contributed by atoms with Gasteiger partial charge < -0.3 is 11.1 Å². The van der Waals surface area contributed by atoms with Gasteiger partial charge in [-0.25, -0.2) is 0 Å². The second-order valence-corrected chi connectivity index (χ2v) is 7.07. The average Bonchev–Trinajstić information content (AvgIpc) is 3.08. The summed E-state index contributed by atoms with van der Waals surface area (Å²) < 4.78 is 0. The number of benzene rings is 1. The number of nitrogens with two attached hydrogens (primary N) is 1. The molecule has 1 aromatic heterocycles. The van der Waals surface area contributed by atoms with Crippen molar-refractivity contribution < 1.29 is 4.79 Å². The van der Waals surface area contributed by atoms with Crippen molar-refractivity contribution >= 4 is 34.0 Å². The van der Waals surface area contributed by atoms with E-state index in [1.165, 1.54) is 11.3 Å². The normalized spacial score (nSPS) is 21.0. The van der Waals surface area contributed by atoms with Gasteiger partial charge in [0.2, 0.25) is 11.0 Å². The molecular formula is C15H17ClN4OS. The van der Waals surface area contributed by atoms with E-state index < -0.39 is 0 Å². The van der Waals surface area contributed by atoms with Crippen molar-refractivity contribution in [3.05, 3.63) is 39.9 Å². The first-order chi connectivity index (χ1) is 10.6. The van der Waals surface area contributed by atoms with E-state index in [-0.39, 0.29) is 17.9 Å². The number of halogens is 1. The second kappa shape index (κ2) is 6.73. The molecule has 7 heteroatoms. The quantitative estimate of drug-likeness (QED) is 0.899. The molecule has 2 unspecified atom stereocenters. The summed E-state index contributed by atoms with van der Waals surface area (Å²) >= 11 is 7.36. The molecule has 5 nitrogen and oxygen atoms in total. The van der Waals surface area contributed by atoms with Gasteiger partial charge in [-0.2, -0.15) is 0 Å². The van der Waals surface area contributed by atoms with Crippen LogP contribution in [0.2, 0.25) is 5.02 Å². The highest BCUT2D eigenvalue weighted by Crippen LogP contribution is 2.26. The van der Waals surface area contributed by atoms with Gasteiger partial charge in [0.25, 0.3) is 0 Å². The summed E-state index contributed by atoms with van der Waals surface area (Å²) in [5.41, 5.74) is 6.91. The first-order valence-electron chi connectivity index (χ1n) is 7.23. The lowest BCUT2D eigenvalue weighted by Gasteiger charge is -2.07. The monoisotopic (exact) mass is 336 g/mol. The average molecular weight is 337 g/mol. The van der Waals surface area contributed by atoms with E-state index in [4.69, 9.17) is 17.3 Å². The van der Waals surface area contributed by atoms with Crippen LogP contribution >= 0.6 is 22.9 Å². The van der Waals surface area contributed by atoms with Gasteiger partial charge in [0.15, 0.2) is 0 Å². The molecule has 1 aliphatic rings. The third-order valence-corrected chi connectivity index (χ3v) is 4.86. The number of aromatic nitrogens is 2. The summed E-state index contributed by atoms with van der Waals surface area (Å²) in [4.78, 5) is 12.1. The minimum absolute atomic E-state index is 0.00148. The van der Waals surface area contributed by atoms with Crippen molar-refractivity contribution in [3.63, 3.8) is 0 Å². The summed E-state index contributed by atoms with van der Waals surface area (Å²) in [6.45, 7) is 0. The summed E-state index contributed by atoms with van der Waals surface area (Å²) in [6.07, 6.45) is 3.16. The summed E-state index contributed by atoms with van der Waals surface area (Å²) in [6, 6.07) is 7.78. The van der Waals surface area contributed by atoms with Crippen LogP contribution in [0.1, 0.15) is 29.8 Å². The van der Waals surface area contributed by atoms with E-state index in [0.717, 1.165) is 29.8 Å². The Hall–Kier alpha value is -1.50. The number of nitrogens with zero attached hydrogens (tertiary/aromatic N) is 2. The number of carbonyl (C=O) groups excluding carboxylic acids is 1. The van der Waals surface area contributed by atoms with E-state index in [0.29, 0.717) is 16.6 Å². The van der Waals surface area contributed by atoms with Crippen molar-refractivity contribution in [2.24, 2.45) is 11.7 Å². The number of nitrogens with one attached hydrogen (secondary N) is 1. The van der Waals surface area contributed by atoms with Crippen LogP contribution < -0.4 is 11.1 Å². The van der Waals surface area contributed by atoms with E-state index in [1.807, 2.05) is 24.3 Å². The Labute approximate surface area is 137 Å². The SMILES string of the molecule is NC1CCC(C(=O)Nc2nnc(Cc3cccc(Cl)c3)s2)C1. The largest absolute Gasteiger partial charge is 0.328 e. The third-order valence-electron chi connectivity index (χ3n) is 3.79. The van der Waals surface area contributed by atoms with Gasteiger partial charge in [0.1, 0.15) is 5.01 Å². The third kappa shape index (κ3) is 3.82. The van der Waals surface area contributed by atoms with Crippen LogP contribution in [0.25, 0.3) is 0 Å². The Morgan fingerprint density at radius 3 is 3.00 bits per heavy atom. The molecule has 1 amide bonds. The highest BCUT2D eigenvalue weighted by atomic mass is 35.5. The fraction of sp³-hybridized carbons (Fsp3) is 0.400. The van der Waals surface area contributed by atoms with Crippen molar-refractivity contribution in [1.29, 1.82) is 0 Å². The van der Waals surface area contributed by atoms with Gasteiger partial charge >= 0.3 is 0 Å². The van der Waals surface area contributed by atoms with Crippen molar-refractivity contribution in [2.75, 3.05) is 5.32 Å². The molecule has 1 aromatic carbocycles. The molecule has 1 heterocycles. The lowest BCUT2D eigenvalue weighted by atomic mass is 10.1. The highest BCUT2D eigenvalue weighted by molar-refractivity contribution is 7.15. The lowest BCUT2D eigenvalue weighted by Crippen LogP contribution is -2.23. The van der Waals surface area contributed by atoms with Gasteiger partial charge in [0, 0.05) is 23.4 Å². The van der Waals surface area contributed by atoms with Gasteiger partial charge in [-0.15, -0.1) is 10.2 Å². The predicted molar refractivity (Wildman–Crippen MR) is 88.1 cm³/mol. The standard InChI is InChI=1S/C15H17ClN4OS/c16-11-3-1-2-9(6-11)7-13-19-20-15(22-13)18-14(21)10-4-5-12(17)8-10/h1-3,6,10,12H,4-5,7-8,17H2,(H,18,20,21). The fourth-order valence-corrected chi connectivity index (χ4v) is 3.65. The van der Waals surface area contributed by atoms with E-state index in [9.17, 15) is 4.79 Å². The Kier molecular flexibility index (Phi) is 4.71. The highest BCUT2D eigenvalue weighted by Gasteiger charge is 2.28. The summed E-state index contributed by atoms with van der Waals surface area (Å²) in [5.74, 6) is -0.00585. The van der Waals surface area contributed by atoms with Crippen LogP contribution in [-0.4, -0.2) is 22.1 Å². The van der Waals surface area contributed by atoms with Gasteiger partial charge in [0.05, 0.1) is 0 Å². The van der Waals surface area contributed by atoms with Crippen LogP contribution in [0.5, 0.6) is 0 Å². The lowest BCUT2D eigenvalue weighted by molar-refractivity contribution is -0.119. The molecular weight excluding hydrogens is 320 g/mol. The molecule has 2 atom stereocenters. The topological polar surface area (TPSA) is 80.9 Å². The zero-order valence-corrected chi connectivity index (χ0v) is 13.5. The van der Waals surface area contributed by atoms with Crippen molar-refractivity contribution in [1.82, 2.24) is 10.2 Å². The molecule has 0 aliphatic heterocycles. The van der Waals surface area contributed by atoms with Crippen molar-refractivity contribution in [3.8, 4) is 0 Å². The number of rotatable bonds is 4. The Bertz CT molecular complexity index is 675. The Morgan fingerprint density at radius 2 is 2.27 bits per heavy atom. The predicted octanol–water partition coefficient (Wildman–Crippen LogP) is 2.85. The summed E-state index contributed by atoms with van der Waals surface area (Å²) in [7, 11) is 0. The minimum Gasteiger partial charge on any atom is -0.328 e. The second-order valence-electron chi connectivity index (χ2n) is 5.57. The van der Waals surface area contributed by atoms with Crippen LogP contribution in [0, 0.1) is 5.92 Å². The maximum absolute atomic E-state index is 12.1. The molecule has 116 valence electrons. The summed E-state index contributed by atoms with van der Waals surface area (Å²) in [5, 5.41) is 13.1. The zero-order chi connectivity index (χ0) is 15.5. The first kappa shape index (κ1) is 15.4. The number of amides is 1. The van der Waals surface area contributed by atoms with Crippen LogP contribution in [0.15, 0.2) is 24.3 Å². The molecule has 0 spiro atoms. The Balaban J connectivity index is 1.60. The fourth-order valence-electron chi connectivity index (χ4n) is 2.66. The number of anilines is 1. The van der Waals surface area contributed by atoms with E-state index in [1.54, 1.807) is 0 Å². The first-order valence-corrected chi connectivity index (χ1v) is 8.43. The molecule has 1 aliphatic carbocycles. The molecule has 3 N–H and O–H groups in total. The maximum atomic E-state index is 12.1. The van der Waals surface area contributed by atoms with Gasteiger partial charge in [-0.1, -0.05) is 35.1 Å². The van der Waals surface area contributed by atoms with Crippen LogP contribution in [0.3, 0.4) is 0 Å². The van der Waals surface area contributed by atoms with Gasteiger partial charge in [-0.05, 0) is 37.0 Å². The molecule has 0 bridgehead atoms. The van der Waals surface area contributed by atoms with Crippen molar-refractivity contribution in [2.45, 2.75) is 31.7 Å². The molecule has 0 radical (unpaired) electrons. The Morgan fingerprint density at radius 1 is 1.41 bits per heavy atom. The molecule has 2 aromatic rings. The number of hydrogen-bond acceptors (Lipinski definition) is 5. The van der Waals surface area contributed by atoms with Gasteiger partial charge in [-0.3, -0.25) is 4.79 Å². The van der Waals surface area contributed by atoms with Crippen LogP contribution in [0.4, 0.5) is 5.13 Å². The molecule has 22 heavy (non-hydrogen) atoms. The van der Waals surface area contributed by atoms with E-state index in [2.05, 4.69) is 15.5 Å². The molecule has 1 fully saturated rings. The molecule has 3 rings (SSSR count). The van der Waals surface area contributed by atoms with E-state index >= 15 is 0 Å². The smallest absolute Gasteiger partial charge is 0.229 e. The zero-order valence-electron chi connectivity index (χ0n) is 12.0. The molecule has 0 saturated heterocycles. The molecule has 1 saturated carbocycles. The minimum atomic E-state index is -0.00437. The maximum Gasteiger partial charge on any atom is 0.229 e. The number of hydrogen-bond donors (Lipinski definition) is 2. The number of carbonyl (C=O) groups is 1. The van der Waals surface area contributed by atoms with Crippen LogP contribution in [-0.2, 0) is 11.2 Å².